The van der Waals surface area contributed by atoms with Crippen LogP contribution in [-0.4, -0.2) is 96.9 Å². The summed E-state index contributed by atoms with van der Waals surface area (Å²) in [4.78, 5) is 26.9. The number of carboxylic acids is 1. The SMILES string of the molecule is CN(CCNC(=O)OC(C)(C)C)S(=O)(=O)N1C[C@H](CCCB2OC(C)(C)C(C)(C)O2)[C@](N=[N+]=[N-])(C(=O)O)C1. The normalized spacial score (nSPS) is 25.3. The fourth-order valence-electron chi connectivity index (χ4n) is 4.40. The largest absolute Gasteiger partial charge is 0.481 e. The molecular weight excluding hydrogens is 519 g/mol. The van der Waals surface area contributed by atoms with Gasteiger partial charge in [0.1, 0.15) is 5.60 Å². The molecule has 0 spiro atoms. The number of hydrogen-bond acceptors (Lipinski definition) is 8. The van der Waals surface area contributed by atoms with E-state index in [0.717, 1.165) is 8.61 Å². The van der Waals surface area contributed by atoms with Crippen molar-refractivity contribution >= 4 is 29.4 Å². The number of nitrogens with zero attached hydrogens (tertiary/aromatic N) is 5. The Morgan fingerprint density at radius 2 is 1.84 bits per heavy atom. The van der Waals surface area contributed by atoms with Crippen molar-refractivity contribution in [1.82, 2.24) is 13.9 Å². The van der Waals surface area contributed by atoms with E-state index in [9.17, 15) is 23.1 Å². The first kappa shape index (κ1) is 32.1. The standard InChI is InChI=1S/C22H41BN6O8S/c1-19(2,3)35-18(32)25-12-13-28(8)38(33,34)29-14-16(22(15-29,17(30)31)26-27-24)10-9-11-23-36-20(4,5)21(6,7)37-23/h16H,9-15H2,1-8H3,(H,25,32)(H,30,31)/t16-,22-/m0/s1. The van der Waals surface area contributed by atoms with Gasteiger partial charge >= 0.3 is 19.2 Å². The molecule has 2 saturated heterocycles. The summed E-state index contributed by atoms with van der Waals surface area (Å²) in [6, 6.07) is 0. The monoisotopic (exact) mass is 560 g/mol. The zero-order valence-electron chi connectivity index (χ0n) is 23.6. The first-order valence-electron chi connectivity index (χ1n) is 12.6. The Morgan fingerprint density at radius 3 is 2.34 bits per heavy atom. The quantitative estimate of drug-likeness (QED) is 0.167. The third-order valence-corrected chi connectivity index (χ3v) is 9.12. The lowest BCUT2D eigenvalue weighted by molar-refractivity contribution is -0.144. The van der Waals surface area contributed by atoms with E-state index in [-0.39, 0.29) is 26.1 Å². The Kier molecular flexibility index (Phi) is 9.77. The summed E-state index contributed by atoms with van der Waals surface area (Å²) in [5.41, 5.74) is 5.48. The minimum atomic E-state index is -4.12. The molecular formula is C22H41BN6O8S. The number of amides is 1. The van der Waals surface area contributed by atoms with Gasteiger partial charge in [-0.3, -0.25) is 4.79 Å². The number of carbonyl (C=O) groups excluding carboxylic acids is 1. The summed E-state index contributed by atoms with van der Waals surface area (Å²) in [5, 5.41) is 16.1. The Balaban J connectivity index is 2.07. The molecule has 2 rings (SSSR count). The van der Waals surface area contributed by atoms with E-state index in [1.54, 1.807) is 20.8 Å². The molecule has 16 heteroatoms. The van der Waals surface area contributed by atoms with E-state index in [4.69, 9.17) is 19.6 Å². The van der Waals surface area contributed by atoms with Crippen molar-refractivity contribution in [3.8, 4) is 0 Å². The second-order valence-corrected chi connectivity index (χ2v) is 13.8. The molecule has 216 valence electrons. The summed E-state index contributed by atoms with van der Waals surface area (Å²) in [6.07, 6.45) is 0.546. The van der Waals surface area contributed by atoms with Gasteiger partial charge in [0.2, 0.25) is 0 Å². The third-order valence-electron chi connectivity index (χ3n) is 7.22. The number of hydrogen-bond donors (Lipinski definition) is 2. The summed E-state index contributed by atoms with van der Waals surface area (Å²) in [5.74, 6) is -2.15. The van der Waals surface area contributed by atoms with Gasteiger partial charge in [0.25, 0.3) is 10.2 Å². The van der Waals surface area contributed by atoms with Crippen LogP contribution in [0, 0.1) is 5.92 Å². The maximum atomic E-state index is 13.3. The van der Waals surface area contributed by atoms with Gasteiger partial charge in [-0.05, 0) is 72.7 Å². The fourth-order valence-corrected chi connectivity index (χ4v) is 5.84. The maximum absolute atomic E-state index is 13.3. The van der Waals surface area contributed by atoms with E-state index < -0.39 is 64.2 Å². The number of carboxylic acid groups (broad SMARTS) is 1. The average Bonchev–Trinajstić information content (AvgIpc) is 3.21. The van der Waals surface area contributed by atoms with Gasteiger partial charge in [-0.2, -0.15) is 17.0 Å². The Hall–Kier alpha value is -2.10. The summed E-state index contributed by atoms with van der Waals surface area (Å²) < 4.78 is 45.7. The Labute approximate surface area is 225 Å². The van der Waals surface area contributed by atoms with Crippen LogP contribution in [0.15, 0.2) is 5.11 Å². The molecule has 2 N–H and O–H groups in total. The number of carbonyl (C=O) groups is 2. The Bertz CT molecular complexity index is 1020. The van der Waals surface area contributed by atoms with Crippen molar-refractivity contribution < 1.29 is 37.2 Å². The number of ether oxygens (including phenoxy) is 1. The highest BCUT2D eigenvalue weighted by Gasteiger charge is 2.56. The highest BCUT2D eigenvalue weighted by Crippen LogP contribution is 2.40. The minimum absolute atomic E-state index is 0.0174. The van der Waals surface area contributed by atoms with E-state index in [2.05, 4.69) is 15.3 Å². The lowest BCUT2D eigenvalue weighted by Gasteiger charge is -2.32. The predicted molar refractivity (Wildman–Crippen MR) is 140 cm³/mol. The minimum Gasteiger partial charge on any atom is -0.481 e. The molecule has 0 saturated carbocycles. The van der Waals surface area contributed by atoms with Gasteiger partial charge in [-0.15, -0.1) is 0 Å². The van der Waals surface area contributed by atoms with Gasteiger partial charge in [0, 0.05) is 38.1 Å². The van der Waals surface area contributed by atoms with Gasteiger partial charge in [-0.1, -0.05) is 11.5 Å². The van der Waals surface area contributed by atoms with Crippen molar-refractivity contribution in [1.29, 1.82) is 0 Å². The number of azide groups is 1. The summed E-state index contributed by atoms with van der Waals surface area (Å²) in [7, 11) is -3.28. The molecule has 0 bridgehead atoms. The van der Waals surface area contributed by atoms with E-state index >= 15 is 0 Å². The van der Waals surface area contributed by atoms with Crippen molar-refractivity contribution in [3.63, 3.8) is 0 Å². The number of alkyl carbamates (subject to hydrolysis) is 1. The zero-order valence-corrected chi connectivity index (χ0v) is 24.4. The molecule has 2 fully saturated rings. The molecule has 14 nitrogen and oxygen atoms in total. The smallest absolute Gasteiger partial charge is 0.457 e. The highest BCUT2D eigenvalue weighted by atomic mass is 32.2. The van der Waals surface area contributed by atoms with Crippen LogP contribution in [0.1, 0.15) is 61.3 Å². The summed E-state index contributed by atoms with van der Waals surface area (Å²) in [6.45, 7) is 12.1. The van der Waals surface area contributed by atoms with Crippen LogP contribution in [-0.2, 0) is 29.0 Å². The van der Waals surface area contributed by atoms with Crippen molar-refractivity contribution in [3.05, 3.63) is 10.4 Å². The lowest BCUT2D eigenvalue weighted by atomic mass is 9.78. The molecule has 0 radical (unpaired) electrons. The molecule has 38 heavy (non-hydrogen) atoms. The molecule has 0 aromatic carbocycles. The first-order valence-corrected chi connectivity index (χ1v) is 14.0. The molecule has 2 aliphatic heterocycles. The van der Waals surface area contributed by atoms with Crippen LogP contribution < -0.4 is 5.32 Å². The van der Waals surface area contributed by atoms with Gasteiger partial charge in [-0.25, -0.2) is 4.79 Å². The molecule has 0 aliphatic carbocycles. The number of likely N-dealkylation sites (N-methyl/N-ethyl adjacent to an activating group) is 1. The number of aliphatic carboxylic acids is 1. The van der Waals surface area contributed by atoms with Crippen molar-refractivity contribution in [2.24, 2.45) is 11.0 Å². The molecule has 2 heterocycles. The van der Waals surface area contributed by atoms with Crippen LogP contribution in [0.5, 0.6) is 0 Å². The molecule has 2 aliphatic rings. The zero-order chi connectivity index (χ0) is 29.2. The van der Waals surface area contributed by atoms with Crippen molar-refractivity contribution in [2.45, 2.75) is 90.0 Å². The number of nitrogens with one attached hydrogen (secondary N) is 1. The predicted octanol–water partition coefficient (Wildman–Crippen LogP) is 2.63. The van der Waals surface area contributed by atoms with E-state index in [0.29, 0.717) is 12.7 Å². The molecule has 0 aromatic rings. The summed E-state index contributed by atoms with van der Waals surface area (Å²) >= 11 is 0. The highest BCUT2D eigenvalue weighted by molar-refractivity contribution is 7.86. The third kappa shape index (κ3) is 7.30. The number of rotatable bonds is 11. The van der Waals surface area contributed by atoms with Crippen LogP contribution in [0.3, 0.4) is 0 Å². The van der Waals surface area contributed by atoms with Crippen LogP contribution in [0.4, 0.5) is 4.79 Å². The van der Waals surface area contributed by atoms with Gasteiger partial charge < -0.3 is 24.5 Å². The van der Waals surface area contributed by atoms with Crippen molar-refractivity contribution in [2.75, 3.05) is 33.2 Å². The van der Waals surface area contributed by atoms with E-state index in [1.165, 1.54) is 7.05 Å². The second-order valence-electron chi connectivity index (χ2n) is 11.8. The lowest BCUT2D eigenvalue weighted by Crippen LogP contribution is -2.47. The molecule has 0 unspecified atom stereocenters. The topological polar surface area (TPSA) is 183 Å². The Morgan fingerprint density at radius 1 is 1.26 bits per heavy atom. The van der Waals surface area contributed by atoms with Crippen LogP contribution >= 0.6 is 0 Å². The first-order chi connectivity index (χ1) is 17.3. The van der Waals surface area contributed by atoms with E-state index in [1.807, 2.05) is 27.7 Å². The van der Waals surface area contributed by atoms with Gasteiger partial charge in [0.05, 0.1) is 11.2 Å². The maximum Gasteiger partial charge on any atom is 0.457 e. The van der Waals surface area contributed by atoms with Crippen LogP contribution in [0.2, 0.25) is 6.32 Å². The van der Waals surface area contributed by atoms with Gasteiger partial charge in [0.15, 0.2) is 5.54 Å². The average molecular weight is 560 g/mol. The molecule has 2 atom stereocenters. The second kappa shape index (κ2) is 11.6. The molecule has 1 amide bonds. The molecule has 0 aromatic heterocycles. The fraction of sp³-hybridized carbons (Fsp3) is 0.909. The van der Waals surface area contributed by atoms with Crippen LogP contribution in [0.25, 0.3) is 10.4 Å².